The third kappa shape index (κ3) is 1.98. The normalized spacial score (nSPS) is 17.0. The molecule has 104 valence electrons. The van der Waals surface area contributed by atoms with Gasteiger partial charge in [0.15, 0.2) is 11.2 Å². The first-order chi connectivity index (χ1) is 9.39. The minimum atomic E-state index is -0.259. The van der Waals surface area contributed by atoms with E-state index >= 15 is 0 Å². The fourth-order valence-corrected chi connectivity index (χ4v) is 3.62. The average Bonchev–Trinajstić information content (AvgIpc) is 2.79. The van der Waals surface area contributed by atoms with Gasteiger partial charge in [0.2, 0.25) is 0 Å². The molecule has 20 heavy (non-hydrogen) atoms. The Balaban J connectivity index is 2.35. The van der Waals surface area contributed by atoms with E-state index in [1.54, 1.807) is 0 Å². The van der Waals surface area contributed by atoms with E-state index in [2.05, 4.69) is 0 Å². The van der Waals surface area contributed by atoms with E-state index in [4.69, 9.17) is 5.73 Å². The van der Waals surface area contributed by atoms with Gasteiger partial charge in [0.1, 0.15) is 10.8 Å². The molecule has 1 aliphatic rings. The molecule has 3 rings (SSSR count). The van der Waals surface area contributed by atoms with Crippen LogP contribution in [-0.4, -0.2) is 10.4 Å². The summed E-state index contributed by atoms with van der Waals surface area (Å²) in [6.07, 6.45) is 1.08. The number of nitrogen functional groups attached to an aromatic ring is 1. The van der Waals surface area contributed by atoms with Gasteiger partial charge in [0.25, 0.3) is 0 Å². The quantitative estimate of drug-likeness (QED) is 0.877. The van der Waals surface area contributed by atoms with E-state index in [0.717, 1.165) is 10.7 Å². The predicted octanol–water partition coefficient (Wildman–Crippen LogP) is 2.64. The molecule has 5 heteroatoms. The maximum atomic E-state index is 12.3. The number of nitrogens with zero attached hydrogens (tertiary/aromatic N) is 1. The first-order valence-corrected chi connectivity index (χ1v) is 7.38. The number of Topliss-reactive ketones (excluding diaryl/α,β-unsaturated/α-hetero) is 1. The number of nitrogens with two attached hydrogens (primary N) is 1. The van der Waals surface area contributed by atoms with Crippen molar-refractivity contribution >= 4 is 22.9 Å². The molecule has 0 aliphatic heterocycles. The number of hydrogen-bond acceptors (Lipinski definition) is 4. The highest BCUT2D eigenvalue weighted by Crippen LogP contribution is 2.35. The molecule has 2 aromatic heterocycles. The summed E-state index contributed by atoms with van der Waals surface area (Å²) in [4.78, 5) is 24.4. The third-order valence-electron chi connectivity index (χ3n) is 3.63. The number of carbonyl (C=O) groups is 1. The summed E-state index contributed by atoms with van der Waals surface area (Å²) in [6, 6.07) is 5.23. The van der Waals surface area contributed by atoms with E-state index < -0.39 is 0 Å². The van der Waals surface area contributed by atoms with Crippen LogP contribution < -0.4 is 11.2 Å². The number of anilines is 1. The molecule has 0 fully saturated rings. The number of hydrogen-bond donors (Lipinski definition) is 1. The van der Waals surface area contributed by atoms with Crippen molar-refractivity contribution in [2.24, 2.45) is 5.41 Å². The molecular formula is C15H16N2O2S. The molecular weight excluding hydrogens is 272 g/mol. The summed E-state index contributed by atoms with van der Waals surface area (Å²) in [6.45, 7) is 4.08. The lowest BCUT2D eigenvalue weighted by molar-refractivity contribution is 0.0908. The van der Waals surface area contributed by atoms with Crippen molar-refractivity contribution in [1.82, 2.24) is 4.57 Å². The molecule has 0 atom stereocenters. The Morgan fingerprint density at radius 2 is 2.05 bits per heavy atom. The van der Waals surface area contributed by atoms with Gasteiger partial charge in [-0.1, -0.05) is 13.8 Å². The third-order valence-corrected chi connectivity index (χ3v) is 4.49. The molecule has 2 heterocycles. The molecule has 4 nitrogen and oxygen atoms in total. The second kappa shape index (κ2) is 4.31. The number of thiophene rings is 1. The topological polar surface area (TPSA) is 65.1 Å². The summed E-state index contributed by atoms with van der Waals surface area (Å²) in [7, 11) is 0. The van der Waals surface area contributed by atoms with E-state index in [9.17, 15) is 9.59 Å². The Morgan fingerprint density at radius 1 is 1.30 bits per heavy atom. The first kappa shape index (κ1) is 13.1. The van der Waals surface area contributed by atoms with Crippen molar-refractivity contribution in [3.63, 3.8) is 0 Å². The summed E-state index contributed by atoms with van der Waals surface area (Å²) in [5.41, 5.74) is 6.68. The molecule has 0 unspecified atom stereocenters. The average molecular weight is 288 g/mol. The minimum absolute atomic E-state index is 0.0773. The van der Waals surface area contributed by atoms with Gasteiger partial charge in [-0.2, -0.15) is 0 Å². The standard InChI is InChI=1S/C15H16N2O2S/c1-15(2)7-9-14(11(19)8-15)10(18)6-12(16)17(9)13-4-3-5-20-13/h3-6H,7-8,16H2,1-2H3. The molecule has 2 aromatic rings. The highest BCUT2D eigenvalue weighted by molar-refractivity contribution is 7.12. The van der Waals surface area contributed by atoms with Crippen LogP contribution in [0.4, 0.5) is 5.82 Å². The minimum Gasteiger partial charge on any atom is -0.385 e. The molecule has 0 amide bonds. The van der Waals surface area contributed by atoms with Crippen molar-refractivity contribution < 1.29 is 4.79 Å². The van der Waals surface area contributed by atoms with Crippen LogP contribution >= 0.6 is 11.3 Å². The number of fused-ring (bicyclic) bond motifs is 1. The predicted molar refractivity (Wildman–Crippen MR) is 80.8 cm³/mol. The summed E-state index contributed by atoms with van der Waals surface area (Å²) in [5.74, 6) is 0.313. The van der Waals surface area contributed by atoms with Gasteiger partial charge in [0, 0.05) is 18.2 Å². The van der Waals surface area contributed by atoms with E-state index in [1.807, 2.05) is 35.9 Å². The molecule has 0 aromatic carbocycles. The van der Waals surface area contributed by atoms with Crippen LogP contribution in [0.5, 0.6) is 0 Å². The monoisotopic (exact) mass is 288 g/mol. The molecule has 1 aliphatic carbocycles. The zero-order valence-corrected chi connectivity index (χ0v) is 12.3. The fourth-order valence-electron chi connectivity index (χ4n) is 2.84. The zero-order valence-electron chi connectivity index (χ0n) is 11.5. The van der Waals surface area contributed by atoms with Crippen LogP contribution in [0.1, 0.15) is 36.3 Å². The van der Waals surface area contributed by atoms with Gasteiger partial charge >= 0.3 is 0 Å². The largest absolute Gasteiger partial charge is 0.385 e. The maximum absolute atomic E-state index is 12.3. The van der Waals surface area contributed by atoms with Crippen molar-refractivity contribution in [1.29, 1.82) is 0 Å². The lowest BCUT2D eigenvalue weighted by Crippen LogP contribution is -2.35. The number of rotatable bonds is 1. The van der Waals surface area contributed by atoms with Crippen molar-refractivity contribution in [2.75, 3.05) is 5.73 Å². The van der Waals surface area contributed by atoms with Gasteiger partial charge < -0.3 is 5.73 Å². The van der Waals surface area contributed by atoms with Crippen LogP contribution in [0.3, 0.4) is 0 Å². The molecule has 0 saturated heterocycles. The lowest BCUT2D eigenvalue weighted by atomic mass is 9.75. The van der Waals surface area contributed by atoms with Gasteiger partial charge in [0.05, 0.1) is 5.56 Å². The molecule has 0 saturated carbocycles. The van der Waals surface area contributed by atoms with E-state index in [1.165, 1.54) is 17.4 Å². The van der Waals surface area contributed by atoms with Crippen molar-refractivity contribution in [2.45, 2.75) is 26.7 Å². The van der Waals surface area contributed by atoms with Crippen molar-refractivity contribution in [3.05, 3.63) is 45.1 Å². The van der Waals surface area contributed by atoms with Crippen LogP contribution in [0.15, 0.2) is 28.4 Å². The second-order valence-electron chi connectivity index (χ2n) is 5.98. The highest BCUT2D eigenvalue weighted by atomic mass is 32.1. The number of ketones is 1. The molecule has 0 spiro atoms. The lowest BCUT2D eigenvalue weighted by Gasteiger charge is -2.32. The summed E-state index contributed by atoms with van der Waals surface area (Å²) < 4.78 is 1.85. The van der Waals surface area contributed by atoms with Gasteiger partial charge in [-0.05, 0) is 29.3 Å². The van der Waals surface area contributed by atoms with Gasteiger partial charge in [-0.15, -0.1) is 11.3 Å². The SMILES string of the molecule is CC1(C)CC(=O)c2c(n(-c3cccs3)c(N)cc2=O)C1. The highest BCUT2D eigenvalue weighted by Gasteiger charge is 2.35. The Labute approximate surface area is 120 Å². The Bertz CT molecular complexity index is 742. The van der Waals surface area contributed by atoms with Crippen LogP contribution in [0.2, 0.25) is 0 Å². The molecule has 2 N–H and O–H groups in total. The number of carbonyl (C=O) groups excluding carboxylic acids is 1. The second-order valence-corrected chi connectivity index (χ2v) is 6.91. The molecule has 0 radical (unpaired) electrons. The van der Waals surface area contributed by atoms with Gasteiger partial charge in [-0.25, -0.2) is 0 Å². The smallest absolute Gasteiger partial charge is 0.194 e. The van der Waals surface area contributed by atoms with E-state index in [0.29, 0.717) is 24.2 Å². The summed E-state index contributed by atoms with van der Waals surface area (Å²) in [5, 5.41) is 2.89. The van der Waals surface area contributed by atoms with Crippen molar-refractivity contribution in [3.8, 4) is 5.00 Å². The summed E-state index contributed by atoms with van der Waals surface area (Å²) >= 11 is 1.54. The number of aromatic nitrogens is 1. The molecule has 0 bridgehead atoms. The van der Waals surface area contributed by atoms with Crippen LogP contribution in [0, 0.1) is 5.41 Å². The first-order valence-electron chi connectivity index (χ1n) is 6.50. The van der Waals surface area contributed by atoms with E-state index in [-0.39, 0.29) is 16.6 Å². The zero-order chi connectivity index (χ0) is 14.5. The Kier molecular flexibility index (Phi) is 2.83. The number of pyridine rings is 1. The van der Waals surface area contributed by atoms with Crippen LogP contribution in [0.25, 0.3) is 5.00 Å². The van der Waals surface area contributed by atoms with Crippen LogP contribution in [-0.2, 0) is 6.42 Å². The fraction of sp³-hybridized carbons (Fsp3) is 0.333. The Morgan fingerprint density at radius 3 is 2.70 bits per heavy atom. The van der Waals surface area contributed by atoms with Gasteiger partial charge in [-0.3, -0.25) is 14.2 Å². The maximum Gasteiger partial charge on any atom is 0.194 e. The Hall–Kier alpha value is -1.88.